The smallest absolute Gasteiger partial charge is 0.249 e. The number of benzene rings is 1. The molecule has 148 valence electrons. The first kappa shape index (κ1) is 19.1. The van der Waals surface area contributed by atoms with Crippen LogP contribution in [0.5, 0.6) is 0 Å². The van der Waals surface area contributed by atoms with Crippen molar-refractivity contribution < 1.29 is 14.1 Å². The van der Waals surface area contributed by atoms with Gasteiger partial charge in [0.05, 0.1) is 0 Å². The predicted molar refractivity (Wildman–Crippen MR) is 107 cm³/mol. The van der Waals surface area contributed by atoms with Gasteiger partial charge in [-0.25, -0.2) is 0 Å². The fourth-order valence-corrected chi connectivity index (χ4v) is 3.86. The Morgan fingerprint density at radius 1 is 1.32 bits per heavy atom. The van der Waals surface area contributed by atoms with Gasteiger partial charge < -0.3 is 14.7 Å². The topological polar surface area (TPSA) is 88.3 Å². The average molecular weight is 447 g/mol. The van der Waals surface area contributed by atoms with Gasteiger partial charge in [0.1, 0.15) is 12.0 Å². The van der Waals surface area contributed by atoms with Crippen molar-refractivity contribution >= 4 is 33.4 Å². The number of carbonyl (C=O) groups is 2. The molecule has 1 aliphatic carbocycles. The van der Waals surface area contributed by atoms with E-state index in [9.17, 15) is 9.59 Å². The first-order chi connectivity index (χ1) is 13.4. The summed E-state index contributed by atoms with van der Waals surface area (Å²) in [7, 11) is 0. The van der Waals surface area contributed by atoms with Crippen molar-refractivity contribution in [3.63, 3.8) is 0 Å². The second-order valence-corrected chi connectivity index (χ2v) is 8.72. The normalized spacial score (nSPS) is 20.6. The number of nitrogens with zero attached hydrogens (tertiary/aromatic N) is 3. The van der Waals surface area contributed by atoms with E-state index < -0.39 is 12.0 Å². The number of aromatic nitrogens is 2. The molecule has 1 aromatic heterocycles. The molecule has 8 heteroatoms. The number of anilines is 1. The van der Waals surface area contributed by atoms with Crippen LogP contribution in [0.4, 0.5) is 5.69 Å². The van der Waals surface area contributed by atoms with Crippen molar-refractivity contribution in [3.8, 4) is 0 Å². The minimum Gasteiger partial charge on any atom is -0.343 e. The largest absolute Gasteiger partial charge is 0.343 e. The number of carbonyl (C=O) groups excluding carboxylic acids is 2. The molecule has 2 aliphatic rings. The Morgan fingerprint density at radius 3 is 2.79 bits per heavy atom. The van der Waals surface area contributed by atoms with Crippen LogP contribution in [0.25, 0.3) is 0 Å². The molecule has 2 amide bonds. The molecule has 2 unspecified atom stereocenters. The van der Waals surface area contributed by atoms with E-state index in [0.29, 0.717) is 30.6 Å². The Bertz CT molecular complexity index is 893. The highest BCUT2D eigenvalue weighted by molar-refractivity contribution is 9.10. The lowest BCUT2D eigenvalue weighted by atomic mass is 10.0. The highest BCUT2D eigenvalue weighted by Crippen LogP contribution is 2.39. The Hall–Kier alpha value is -2.22. The molecule has 1 saturated carbocycles. The Kier molecular flexibility index (Phi) is 5.23. The maximum absolute atomic E-state index is 12.9. The number of hydrogen-bond acceptors (Lipinski definition) is 5. The summed E-state index contributed by atoms with van der Waals surface area (Å²) in [6.45, 7) is 4.48. The molecule has 0 bridgehead atoms. The van der Waals surface area contributed by atoms with Gasteiger partial charge in [-0.2, -0.15) is 4.98 Å². The summed E-state index contributed by atoms with van der Waals surface area (Å²) >= 11 is 3.42. The molecule has 7 nitrogen and oxygen atoms in total. The quantitative estimate of drug-likeness (QED) is 0.684. The van der Waals surface area contributed by atoms with Crippen LogP contribution < -0.4 is 10.2 Å². The maximum Gasteiger partial charge on any atom is 0.249 e. The van der Waals surface area contributed by atoms with Gasteiger partial charge in [-0.05, 0) is 43.4 Å². The van der Waals surface area contributed by atoms with Crippen LogP contribution in [-0.2, 0) is 9.59 Å². The third-order valence-corrected chi connectivity index (χ3v) is 5.77. The summed E-state index contributed by atoms with van der Waals surface area (Å²) in [5, 5.41) is 7.01. The first-order valence-corrected chi connectivity index (χ1v) is 10.4. The SMILES string of the molecule is CC(C)C(NC(=O)C1CCN(c2cccc(Br)c2)C1=O)c1nc(C2CC2)no1. The van der Waals surface area contributed by atoms with Crippen LogP contribution in [0.3, 0.4) is 0 Å². The standard InChI is InChI=1S/C20H23BrN4O3/c1-11(2)16(19-23-17(24-28-19)12-6-7-12)22-18(26)15-8-9-25(20(15)27)14-5-3-4-13(21)10-14/h3-5,10-12,15-16H,6-9H2,1-2H3,(H,22,26). The molecule has 28 heavy (non-hydrogen) atoms. The molecule has 0 spiro atoms. The predicted octanol–water partition coefficient (Wildman–Crippen LogP) is 3.58. The van der Waals surface area contributed by atoms with Gasteiger partial charge in [0.25, 0.3) is 0 Å². The lowest BCUT2D eigenvalue weighted by Crippen LogP contribution is -2.40. The van der Waals surface area contributed by atoms with E-state index in [0.717, 1.165) is 23.0 Å². The van der Waals surface area contributed by atoms with E-state index in [-0.39, 0.29) is 17.7 Å². The Morgan fingerprint density at radius 2 is 2.11 bits per heavy atom. The van der Waals surface area contributed by atoms with Crippen LogP contribution in [0, 0.1) is 11.8 Å². The van der Waals surface area contributed by atoms with E-state index in [1.165, 1.54) is 0 Å². The molecule has 2 fully saturated rings. The van der Waals surface area contributed by atoms with E-state index in [1.807, 2.05) is 38.1 Å². The zero-order valence-electron chi connectivity index (χ0n) is 15.9. The van der Waals surface area contributed by atoms with Crippen LogP contribution >= 0.6 is 15.9 Å². The van der Waals surface area contributed by atoms with Crippen molar-refractivity contribution in [2.24, 2.45) is 11.8 Å². The number of amides is 2. The molecule has 4 rings (SSSR count). The van der Waals surface area contributed by atoms with E-state index in [4.69, 9.17) is 4.52 Å². The molecule has 2 aromatic rings. The van der Waals surface area contributed by atoms with Crippen molar-refractivity contribution in [2.75, 3.05) is 11.4 Å². The van der Waals surface area contributed by atoms with Gasteiger partial charge in [0.2, 0.25) is 17.7 Å². The average Bonchev–Trinajstić information content (AvgIpc) is 3.26. The summed E-state index contributed by atoms with van der Waals surface area (Å²) in [5.74, 6) is 0.415. The number of hydrogen-bond donors (Lipinski definition) is 1. The number of rotatable bonds is 6. The fourth-order valence-electron chi connectivity index (χ4n) is 3.47. The fraction of sp³-hybridized carbons (Fsp3) is 0.500. The molecule has 1 N–H and O–H groups in total. The molecule has 1 aromatic carbocycles. The van der Waals surface area contributed by atoms with Crippen molar-refractivity contribution in [1.29, 1.82) is 0 Å². The Balaban J connectivity index is 1.46. The summed E-state index contributed by atoms with van der Waals surface area (Å²) < 4.78 is 6.30. The van der Waals surface area contributed by atoms with Crippen molar-refractivity contribution in [3.05, 3.63) is 40.5 Å². The van der Waals surface area contributed by atoms with Crippen LogP contribution in [0.2, 0.25) is 0 Å². The van der Waals surface area contributed by atoms with Crippen LogP contribution in [-0.4, -0.2) is 28.5 Å². The van der Waals surface area contributed by atoms with Crippen LogP contribution in [0.1, 0.15) is 56.8 Å². The summed E-state index contributed by atoms with van der Waals surface area (Å²) in [6, 6.07) is 7.13. The van der Waals surface area contributed by atoms with E-state index in [1.54, 1.807) is 4.90 Å². The van der Waals surface area contributed by atoms with E-state index >= 15 is 0 Å². The van der Waals surface area contributed by atoms with Gasteiger partial charge in [0.15, 0.2) is 5.82 Å². The minimum absolute atomic E-state index is 0.0640. The van der Waals surface area contributed by atoms with Crippen molar-refractivity contribution in [1.82, 2.24) is 15.5 Å². The third-order valence-electron chi connectivity index (χ3n) is 5.27. The monoisotopic (exact) mass is 446 g/mol. The molecule has 1 saturated heterocycles. The van der Waals surface area contributed by atoms with Gasteiger partial charge in [0, 0.05) is 22.6 Å². The highest BCUT2D eigenvalue weighted by atomic mass is 79.9. The molecule has 0 radical (unpaired) electrons. The molecule has 1 aliphatic heterocycles. The maximum atomic E-state index is 12.9. The number of nitrogens with one attached hydrogen (secondary N) is 1. The molecule has 2 heterocycles. The third kappa shape index (κ3) is 3.83. The lowest BCUT2D eigenvalue weighted by molar-refractivity contribution is -0.133. The number of halogens is 1. The Labute approximate surface area is 172 Å². The van der Waals surface area contributed by atoms with Gasteiger partial charge in [-0.1, -0.05) is 41.0 Å². The lowest BCUT2D eigenvalue weighted by Gasteiger charge is -2.21. The van der Waals surface area contributed by atoms with Gasteiger partial charge in [-0.3, -0.25) is 9.59 Å². The van der Waals surface area contributed by atoms with Crippen molar-refractivity contribution in [2.45, 2.75) is 45.1 Å². The van der Waals surface area contributed by atoms with Gasteiger partial charge in [-0.15, -0.1) is 0 Å². The van der Waals surface area contributed by atoms with Gasteiger partial charge >= 0.3 is 0 Å². The highest BCUT2D eigenvalue weighted by Gasteiger charge is 2.39. The molecule has 2 atom stereocenters. The molecular weight excluding hydrogens is 424 g/mol. The minimum atomic E-state index is -0.703. The molecular formula is C20H23BrN4O3. The summed E-state index contributed by atoms with van der Waals surface area (Å²) in [4.78, 5) is 31.9. The van der Waals surface area contributed by atoms with E-state index in [2.05, 4.69) is 31.4 Å². The first-order valence-electron chi connectivity index (χ1n) is 9.65. The summed E-state index contributed by atoms with van der Waals surface area (Å²) in [5.41, 5.74) is 0.793. The second kappa shape index (κ2) is 7.66. The zero-order valence-corrected chi connectivity index (χ0v) is 17.5. The van der Waals surface area contributed by atoms with Crippen LogP contribution in [0.15, 0.2) is 33.3 Å². The second-order valence-electron chi connectivity index (χ2n) is 7.81. The zero-order chi connectivity index (χ0) is 19.8. The summed E-state index contributed by atoms with van der Waals surface area (Å²) in [6.07, 6.45) is 2.65.